The number of carbonyl (C=O) groups is 1. The molecule has 9 heteroatoms. The average Bonchev–Trinajstić information content (AvgIpc) is 2.50. The lowest BCUT2D eigenvalue weighted by atomic mass is 10.2. The van der Waals surface area contributed by atoms with Gasteiger partial charge in [0.15, 0.2) is 0 Å². The predicted octanol–water partition coefficient (Wildman–Crippen LogP) is 0.450. The molecule has 0 aliphatic heterocycles. The number of aliphatic hydroxyl groups excluding tert-OH is 1. The van der Waals surface area contributed by atoms with E-state index in [9.17, 15) is 14.3 Å². The van der Waals surface area contributed by atoms with E-state index in [1.54, 1.807) is 6.92 Å². The topological polar surface area (TPSA) is 126 Å². The normalized spacial score (nSPS) is 17.7. The molecule has 0 aliphatic rings. The summed E-state index contributed by atoms with van der Waals surface area (Å²) in [7, 11) is 0. The van der Waals surface area contributed by atoms with Gasteiger partial charge < -0.3 is 35.5 Å². The van der Waals surface area contributed by atoms with Gasteiger partial charge in [0, 0.05) is 12.8 Å². The average molecular weight is 368 g/mol. The van der Waals surface area contributed by atoms with Crippen molar-refractivity contribution < 1.29 is 33.2 Å². The largest absolute Gasteiger partial charge is 0.388 e. The third-order valence-corrected chi connectivity index (χ3v) is 3.43. The summed E-state index contributed by atoms with van der Waals surface area (Å²) in [4.78, 5) is 10.5. The van der Waals surface area contributed by atoms with Crippen molar-refractivity contribution in [3.05, 3.63) is 0 Å². The number of hydrogen-bond donors (Lipinski definition) is 3. The van der Waals surface area contributed by atoms with Gasteiger partial charge in [0.05, 0.1) is 39.6 Å². The van der Waals surface area contributed by atoms with Crippen LogP contribution in [0.5, 0.6) is 0 Å². The first-order chi connectivity index (χ1) is 11.6. The van der Waals surface area contributed by atoms with Gasteiger partial charge in [-0.05, 0) is 20.3 Å². The zero-order valence-electron chi connectivity index (χ0n) is 15.5. The maximum atomic E-state index is 14.1. The van der Waals surface area contributed by atoms with Crippen molar-refractivity contribution in [1.82, 2.24) is 0 Å². The fraction of sp³-hybridized carbons (Fsp3) is 0.938. The Morgan fingerprint density at radius 3 is 2.28 bits per heavy atom. The molecular formula is C16H33FN2O6. The van der Waals surface area contributed by atoms with Crippen LogP contribution in [0.1, 0.15) is 40.0 Å². The van der Waals surface area contributed by atoms with Crippen LogP contribution < -0.4 is 11.5 Å². The standard InChI is InChI=1S/C16H33FN2O6/c1-4-16(3,19)25-8-6-15(2,17)24-10-9-23-12-13(20)11-22-7-5-14(18)21/h13,20H,4-12,19H2,1-3H3,(H2,18,21). The highest BCUT2D eigenvalue weighted by Gasteiger charge is 2.25. The van der Waals surface area contributed by atoms with Crippen LogP contribution in [0, 0.1) is 0 Å². The Bertz CT molecular complexity index is 369. The summed E-state index contributed by atoms with van der Waals surface area (Å²) < 4.78 is 34.8. The van der Waals surface area contributed by atoms with Crippen LogP contribution in [-0.2, 0) is 23.7 Å². The van der Waals surface area contributed by atoms with Crippen molar-refractivity contribution in [2.45, 2.75) is 57.7 Å². The first-order valence-corrected chi connectivity index (χ1v) is 8.45. The lowest BCUT2D eigenvalue weighted by Gasteiger charge is -2.26. The van der Waals surface area contributed by atoms with Crippen molar-refractivity contribution in [3.63, 3.8) is 0 Å². The van der Waals surface area contributed by atoms with Gasteiger partial charge in [-0.3, -0.25) is 4.79 Å². The molecule has 0 saturated heterocycles. The number of ether oxygens (including phenoxy) is 4. The summed E-state index contributed by atoms with van der Waals surface area (Å²) in [6.07, 6.45) is -0.0636. The van der Waals surface area contributed by atoms with Gasteiger partial charge in [-0.25, -0.2) is 4.39 Å². The van der Waals surface area contributed by atoms with Crippen LogP contribution in [0.2, 0.25) is 0 Å². The van der Waals surface area contributed by atoms with E-state index in [-0.39, 0.29) is 52.5 Å². The smallest absolute Gasteiger partial charge is 0.219 e. The van der Waals surface area contributed by atoms with Crippen LogP contribution in [-0.4, -0.2) is 68.3 Å². The zero-order valence-corrected chi connectivity index (χ0v) is 15.5. The summed E-state index contributed by atoms with van der Waals surface area (Å²) in [5.74, 6) is -2.31. The van der Waals surface area contributed by atoms with Crippen molar-refractivity contribution in [1.29, 1.82) is 0 Å². The van der Waals surface area contributed by atoms with Gasteiger partial charge in [-0.1, -0.05) is 6.92 Å². The van der Waals surface area contributed by atoms with Gasteiger partial charge in [-0.15, -0.1) is 0 Å². The number of primary amides is 1. The number of nitrogens with two attached hydrogens (primary N) is 2. The molecule has 0 spiro atoms. The summed E-state index contributed by atoms with van der Waals surface area (Å²) in [6.45, 7) is 5.46. The Kier molecular flexibility index (Phi) is 12.1. The molecule has 0 rings (SSSR count). The molecule has 5 N–H and O–H groups in total. The van der Waals surface area contributed by atoms with E-state index >= 15 is 0 Å². The van der Waals surface area contributed by atoms with E-state index in [4.69, 9.17) is 30.4 Å². The third-order valence-electron chi connectivity index (χ3n) is 3.43. The number of halogens is 1. The fourth-order valence-corrected chi connectivity index (χ4v) is 1.61. The van der Waals surface area contributed by atoms with E-state index < -0.39 is 23.6 Å². The Balaban J connectivity index is 3.66. The summed E-state index contributed by atoms with van der Waals surface area (Å²) in [5.41, 5.74) is 9.99. The van der Waals surface area contributed by atoms with Crippen LogP contribution in [0.3, 0.4) is 0 Å². The van der Waals surface area contributed by atoms with Crippen LogP contribution in [0.15, 0.2) is 0 Å². The molecule has 3 unspecified atom stereocenters. The minimum Gasteiger partial charge on any atom is -0.388 e. The minimum absolute atomic E-state index is 0.0219. The Morgan fingerprint density at radius 2 is 1.72 bits per heavy atom. The summed E-state index contributed by atoms with van der Waals surface area (Å²) in [5, 5.41) is 9.58. The zero-order chi connectivity index (χ0) is 19.3. The van der Waals surface area contributed by atoms with Gasteiger partial charge in [-0.2, -0.15) is 0 Å². The second-order valence-electron chi connectivity index (χ2n) is 6.23. The lowest BCUT2D eigenvalue weighted by Crippen LogP contribution is -2.40. The summed E-state index contributed by atoms with van der Waals surface area (Å²) in [6, 6.07) is 0. The number of alkyl halides is 1. The van der Waals surface area contributed by atoms with E-state index in [0.29, 0.717) is 6.42 Å². The molecular weight excluding hydrogens is 335 g/mol. The van der Waals surface area contributed by atoms with Gasteiger partial charge >= 0.3 is 0 Å². The molecule has 1 amide bonds. The van der Waals surface area contributed by atoms with E-state index in [2.05, 4.69) is 0 Å². The molecule has 0 radical (unpaired) electrons. The molecule has 0 fully saturated rings. The molecule has 0 aliphatic carbocycles. The molecule has 150 valence electrons. The van der Waals surface area contributed by atoms with Gasteiger partial charge in [0.25, 0.3) is 0 Å². The highest BCUT2D eigenvalue weighted by Crippen LogP contribution is 2.18. The second kappa shape index (κ2) is 12.5. The molecule has 3 atom stereocenters. The monoisotopic (exact) mass is 368 g/mol. The number of rotatable bonds is 16. The molecule has 25 heavy (non-hydrogen) atoms. The maximum absolute atomic E-state index is 14.1. The van der Waals surface area contributed by atoms with Crippen molar-refractivity contribution >= 4 is 5.91 Å². The molecule has 0 bridgehead atoms. The van der Waals surface area contributed by atoms with Gasteiger partial charge in [0.2, 0.25) is 11.8 Å². The highest BCUT2D eigenvalue weighted by molar-refractivity contribution is 5.73. The number of aliphatic hydroxyl groups is 1. The highest BCUT2D eigenvalue weighted by atomic mass is 19.2. The van der Waals surface area contributed by atoms with E-state index in [0.717, 1.165) is 0 Å². The quantitative estimate of drug-likeness (QED) is 0.267. The third kappa shape index (κ3) is 15.2. The first-order valence-electron chi connectivity index (χ1n) is 8.45. The van der Waals surface area contributed by atoms with E-state index in [1.807, 2.05) is 6.92 Å². The molecule has 0 saturated carbocycles. The predicted molar refractivity (Wildman–Crippen MR) is 90.4 cm³/mol. The Morgan fingerprint density at radius 1 is 1.12 bits per heavy atom. The first kappa shape index (κ1) is 24.2. The minimum atomic E-state index is -1.84. The SMILES string of the molecule is CCC(C)(N)OCCC(C)(F)OCCOCC(O)COCCC(N)=O. The molecule has 8 nitrogen and oxygen atoms in total. The molecule has 0 aromatic carbocycles. The second-order valence-corrected chi connectivity index (χ2v) is 6.23. The van der Waals surface area contributed by atoms with Crippen molar-refractivity contribution in [2.75, 3.05) is 39.6 Å². The maximum Gasteiger partial charge on any atom is 0.219 e. The fourth-order valence-electron chi connectivity index (χ4n) is 1.61. The van der Waals surface area contributed by atoms with E-state index in [1.165, 1.54) is 6.92 Å². The Hall–Kier alpha value is -0.840. The van der Waals surface area contributed by atoms with Crippen molar-refractivity contribution in [3.8, 4) is 0 Å². The Labute approximate surface area is 148 Å². The summed E-state index contributed by atoms with van der Waals surface area (Å²) >= 11 is 0. The number of hydrogen-bond acceptors (Lipinski definition) is 7. The number of carbonyl (C=O) groups excluding carboxylic acids is 1. The number of amides is 1. The van der Waals surface area contributed by atoms with Gasteiger partial charge in [0.1, 0.15) is 11.8 Å². The van der Waals surface area contributed by atoms with Crippen molar-refractivity contribution in [2.24, 2.45) is 11.5 Å². The van der Waals surface area contributed by atoms with Crippen LogP contribution >= 0.6 is 0 Å². The molecule has 0 aromatic heterocycles. The van der Waals surface area contributed by atoms with Crippen LogP contribution in [0.25, 0.3) is 0 Å². The lowest BCUT2D eigenvalue weighted by molar-refractivity contribution is -0.164. The van der Waals surface area contributed by atoms with Crippen LogP contribution in [0.4, 0.5) is 4.39 Å². The molecule has 0 aromatic rings. The molecule has 0 heterocycles.